The maximum Gasteiger partial charge on any atom is 0.416 e. The molecule has 1 aliphatic rings. The van der Waals surface area contributed by atoms with E-state index >= 15 is 0 Å². The summed E-state index contributed by atoms with van der Waals surface area (Å²) < 4.78 is 43.7. The average Bonchev–Trinajstić information content (AvgIpc) is 2.45. The smallest absolute Gasteiger partial charge is 0.389 e. The third-order valence-corrected chi connectivity index (χ3v) is 3.63. The summed E-state index contributed by atoms with van der Waals surface area (Å²) in [5.41, 5.74) is 5.48. The minimum absolute atomic E-state index is 0.0619. The molecule has 1 aromatic rings. The molecular weight excluding hydrogens is 301 g/mol. The molecule has 2 rings (SSSR count). The first-order chi connectivity index (χ1) is 9.88. The standard InChI is InChI=1S/C14H17F3N2OS/c15-14(16,17)9-4-5-12(11(7-9)13(18)21)19-8-10-3-1-2-6-20-10/h4-5,7,10,19H,1-3,6,8H2,(H2,18,21). The molecule has 7 heteroatoms. The number of nitrogens with two attached hydrogens (primary N) is 1. The fourth-order valence-electron chi connectivity index (χ4n) is 2.27. The second kappa shape index (κ2) is 6.62. The minimum atomic E-state index is -4.41. The Morgan fingerprint density at radius 3 is 2.71 bits per heavy atom. The van der Waals surface area contributed by atoms with Gasteiger partial charge in [-0.25, -0.2) is 0 Å². The summed E-state index contributed by atoms with van der Waals surface area (Å²) in [5, 5.41) is 3.08. The fourth-order valence-corrected chi connectivity index (χ4v) is 2.44. The van der Waals surface area contributed by atoms with E-state index in [4.69, 9.17) is 22.7 Å². The zero-order chi connectivity index (χ0) is 15.5. The first-order valence-electron chi connectivity index (χ1n) is 6.74. The number of thiocarbonyl (C=S) groups is 1. The van der Waals surface area contributed by atoms with Gasteiger partial charge in [-0.05, 0) is 37.5 Å². The van der Waals surface area contributed by atoms with Gasteiger partial charge >= 0.3 is 6.18 Å². The number of hydrogen-bond donors (Lipinski definition) is 2. The Hall–Kier alpha value is -1.34. The maximum atomic E-state index is 12.7. The highest BCUT2D eigenvalue weighted by molar-refractivity contribution is 7.80. The van der Waals surface area contributed by atoms with Crippen LogP contribution < -0.4 is 11.1 Å². The van der Waals surface area contributed by atoms with Crippen molar-refractivity contribution in [1.29, 1.82) is 0 Å². The van der Waals surface area contributed by atoms with Crippen molar-refractivity contribution >= 4 is 22.9 Å². The van der Waals surface area contributed by atoms with Gasteiger partial charge in [-0.2, -0.15) is 13.2 Å². The highest BCUT2D eigenvalue weighted by atomic mass is 32.1. The van der Waals surface area contributed by atoms with E-state index in [2.05, 4.69) is 5.32 Å². The number of benzene rings is 1. The van der Waals surface area contributed by atoms with Crippen molar-refractivity contribution in [1.82, 2.24) is 0 Å². The molecule has 0 spiro atoms. The van der Waals surface area contributed by atoms with Crippen LogP contribution in [0.15, 0.2) is 18.2 Å². The Morgan fingerprint density at radius 1 is 1.38 bits per heavy atom. The molecule has 1 fully saturated rings. The molecule has 1 atom stereocenters. The number of anilines is 1. The summed E-state index contributed by atoms with van der Waals surface area (Å²) in [6, 6.07) is 3.36. The first-order valence-corrected chi connectivity index (χ1v) is 7.15. The molecule has 1 heterocycles. The molecule has 0 aliphatic carbocycles. The Kier molecular flexibility index (Phi) is 5.05. The van der Waals surface area contributed by atoms with Crippen molar-refractivity contribution in [2.24, 2.45) is 5.73 Å². The van der Waals surface area contributed by atoms with Crippen molar-refractivity contribution in [3.05, 3.63) is 29.3 Å². The van der Waals surface area contributed by atoms with Crippen LogP contribution in [0.25, 0.3) is 0 Å². The Labute approximate surface area is 126 Å². The van der Waals surface area contributed by atoms with E-state index in [0.29, 0.717) is 12.2 Å². The second-order valence-electron chi connectivity index (χ2n) is 4.99. The van der Waals surface area contributed by atoms with Crippen molar-refractivity contribution < 1.29 is 17.9 Å². The quantitative estimate of drug-likeness (QED) is 0.836. The van der Waals surface area contributed by atoms with E-state index in [1.54, 1.807) is 0 Å². The topological polar surface area (TPSA) is 47.3 Å². The molecular formula is C14H17F3N2OS. The summed E-state index contributed by atoms with van der Waals surface area (Å²) in [5.74, 6) is 0. The molecule has 0 saturated carbocycles. The van der Waals surface area contributed by atoms with Crippen molar-refractivity contribution in [2.75, 3.05) is 18.5 Å². The van der Waals surface area contributed by atoms with Crippen LogP contribution in [0.4, 0.5) is 18.9 Å². The SMILES string of the molecule is NC(=S)c1cc(C(F)(F)F)ccc1NCC1CCCCO1. The zero-order valence-electron chi connectivity index (χ0n) is 11.4. The number of rotatable bonds is 4. The van der Waals surface area contributed by atoms with Gasteiger partial charge in [-0.1, -0.05) is 12.2 Å². The number of hydrogen-bond acceptors (Lipinski definition) is 3. The van der Waals surface area contributed by atoms with Gasteiger partial charge in [0.15, 0.2) is 0 Å². The number of ether oxygens (including phenoxy) is 1. The lowest BCUT2D eigenvalue weighted by atomic mass is 10.1. The molecule has 21 heavy (non-hydrogen) atoms. The van der Waals surface area contributed by atoms with E-state index in [1.165, 1.54) is 6.07 Å². The molecule has 0 aromatic heterocycles. The van der Waals surface area contributed by atoms with Gasteiger partial charge in [0.1, 0.15) is 4.99 Å². The molecule has 1 unspecified atom stereocenters. The van der Waals surface area contributed by atoms with Crippen LogP contribution in [0.2, 0.25) is 0 Å². The Balaban J connectivity index is 2.12. The summed E-state index contributed by atoms with van der Waals surface area (Å²) >= 11 is 4.84. The van der Waals surface area contributed by atoms with Gasteiger partial charge in [0, 0.05) is 24.4 Å². The van der Waals surface area contributed by atoms with Crippen LogP contribution in [-0.4, -0.2) is 24.2 Å². The molecule has 1 saturated heterocycles. The predicted octanol–water partition coefficient (Wildman–Crippen LogP) is 3.32. The van der Waals surface area contributed by atoms with E-state index < -0.39 is 11.7 Å². The van der Waals surface area contributed by atoms with Gasteiger partial charge in [0.25, 0.3) is 0 Å². The van der Waals surface area contributed by atoms with E-state index in [0.717, 1.165) is 38.0 Å². The number of halogens is 3. The molecule has 0 amide bonds. The third kappa shape index (κ3) is 4.31. The molecule has 3 N–H and O–H groups in total. The van der Waals surface area contributed by atoms with Crippen molar-refractivity contribution in [3.8, 4) is 0 Å². The predicted molar refractivity (Wildman–Crippen MR) is 79.4 cm³/mol. The largest absolute Gasteiger partial charge is 0.416 e. The van der Waals surface area contributed by atoms with Crippen LogP contribution in [0.1, 0.15) is 30.4 Å². The van der Waals surface area contributed by atoms with Gasteiger partial charge < -0.3 is 15.8 Å². The van der Waals surface area contributed by atoms with Crippen LogP contribution in [0.3, 0.4) is 0 Å². The van der Waals surface area contributed by atoms with Gasteiger partial charge in [-0.3, -0.25) is 0 Å². The van der Waals surface area contributed by atoms with Gasteiger partial charge in [-0.15, -0.1) is 0 Å². The lowest BCUT2D eigenvalue weighted by Gasteiger charge is -2.24. The molecule has 0 radical (unpaired) electrons. The molecule has 116 valence electrons. The molecule has 1 aromatic carbocycles. The summed E-state index contributed by atoms with van der Waals surface area (Å²) in [4.78, 5) is -0.0619. The lowest BCUT2D eigenvalue weighted by Crippen LogP contribution is -2.28. The molecule has 1 aliphatic heterocycles. The maximum absolute atomic E-state index is 12.7. The number of nitrogens with one attached hydrogen (secondary N) is 1. The lowest BCUT2D eigenvalue weighted by molar-refractivity contribution is -0.137. The number of alkyl halides is 3. The molecule has 3 nitrogen and oxygen atoms in total. The van der Waals surface area contributed by atoms with Gasteiger partial charge in [0.2, 0.25) is 0 Å². The first kappa shape index (κ1) is 16.0. The fraction of sp³-hybridized carbons (Fsp3) is 0.500. The summed E-state index contributed by atoms with van der Waals surface area (Å²) in [7, 11) is 0. The van der Waals surface area contributed by atoms with Crippen LogP contribution in [0.5, 0.6) is 0 Å². The van der Waals surface area contributed by atoms with E-state index in [1.807, 2.05) is 0 Å². The third-order valence-electron chi connectivity index (χ3n) is 3.41. The normalized spacial score (nSPS) is 19.3. The monoisotopic (exact) mass is 318 g/mol. The van der Waals surface area contributed by atoms with Crippen LogP contribution in [-0.2, 0) is 10.9 Å². The Bertz CT molecular complexity index is 513. The molecule has 0 bridgehead atoms. The summed E-state index contributed by atoms with van der Waals surface area (Å²) in [6.07, 6.45) is -1.25. The summed E-state index contributed by atoms with van der Waals surface area (Å²) in [6.45, 7) is 1.25. The highest BCUT2D eigenvalue weighted by Gasteiger charge is 2.31. The zero-order valence-corrected chi connectivity index (χ0v) is 12.2. The second-order valence-corrected chi connectivity index (χ2v) is 5.43. The van der Waals surface area contributed by atoms with Gasteiger partial charge in [0.05, 0.1) is 11.7 Å². The van der Waals surface area contributed by atoms with Crippen molar-refractivity contribution in [2.45, 2.75) is 31.5 Å². The van der Waals surface area contributed by atoms with Crippen molar-refractivity contribution in [3.63, 3.8) is 0 Å². The minimum Gasteiger partial charge on any atom is -0.389 e. The average molecular weight is 318 g/mol. The highest BCUT2D eigenvalue weighted by Crippen LogP contribution is 2.32. The van der Waals surface area contributed by atoms with E-state index in [9.17, 15) is 13.2 Å². The van der Waals surface area contributed by atoms with E-state index in [-0.39, 0.29) is 16.7 Å². The van der Waals surface area contributed by atoms with Crippen LogP contribution >= 0.6 is 12.2 Å². The van der Waals surface area contributed by atoms with Crippen LogP contribution in [0, 0.1) is 0 Å². The Morgan fingerprint density at radius 2 is 2.14 bits per heavy atom.